The molecule has 0 N–H and O–H groups in total. The number of hydrogen-bond donors (Lipinski definition) is 0. The highest BCUT2D eigenvalue weighted by Crippen LogP contribution is 2.62. The van der Waals surface area contributed by atoms with E-state index in [0.29, 0.717) is 0 Å². The largest absolute Gasteiger partial charge is 0.457 e. The highest BCUT2D eigenvalue weighted by molar-refractivity contribution is 7.27. The molecule has 0 atom stereocenters. The van der Waals surface area contributed by atoms with Gasteiger partial charge >= 0.3 is 0 Å². The summed E-state index contributed by atoms with van der Waals surface area (Å²) < 4.78 is 9.22. The van der Waals surface area contributed by atoms with Crippen LogP contribution in [0.25, 0.3) is 64.3 Å². The lowest BCUT2D eigenvalue weighted by molar-refractivity contribution is 0.436. The Labute approximate surface area is 364 Å². The molecule has 2 nitrogen and oxygen atoms in total. The third kappa shape index (κ3) is 5.09. The second kappa shape index (κ2) is 13.7. The van der Waals surface area contributed by atoms with Gasteiger partial charge in [-0.1, -0.05) is 176 Å². The lowest BCUT2D eigenvalue weighted by Crippen LogP contribution is -2.32. The van der Waals surface area contributed by atoms with E-state index in [9.17, 15) is 0 Å². The van der Waals surface area contributed by atoms with Crippen molar-refractivity contribution in [1.29, 1.82) is 0 Å². The predicted molar refractivity (Wildman–Crippen MR) is 260 cm³/mol. The zero-order valence-electron chi connectivity index (χ0n) is 33.6. The number of ether oxygens (including phenoxy) is 1. The van der Waals surface area contributed by atoms with Gasteiger partial charge in [0.15, 0.2) is 0 Å². The van der Waals surface area contributed by atoms with Crippen molar-refractivity contribution in [1.82, 2.24) is 0 Å². The quantitative estimate of drug-likeness (QED) is 0.172. The summed E-state index contributed by atoms with van der Waals surface area (Å²) in [6.45, 7) is 0. The van der Waals surface area contributed by atoms with Gasteiger partial charge in [0.05, 0.1) is 15.8 Å². The van der Waals surface area contributed by atoms with Gasteiger partial charge in [0.25, 0.3) is 0 Å². The molecule has 62 heavy (non-hydrogen) atoms. The van der Waals surface area contributed by atoms with Crippen molar-refractivity contribution >= 4 is 59.3 Å². The van der Waals surface area contributed by atoms with E-state index in [2.05, 4.69) is 229 Å². The molecule has 0 unspecified atom stereocenters. The molecule has 13 rings (SSSR count). The number of fused-ring (bicyclic) bond motifs is 14. The van der Waals surface area contributed by atoms with E-state index in [1.165, 1.54) is 81.0 Å². The van der Waals surface area contributed by atoms with E-state index in [1.54, 1.807) is 0 Å². The summed E-state index contributed by atoms with van der Waals surface area (Å²) in [7, 11) is 0. The van der Waals surface area contributed by atoms with Crippen LogP contribution in [0.15, 0.2) is 224 Å². The van der Waals surface area contributed by atoms with Crippen LogP contribution in [0.4, 0.5) is 17.1 Å². The molecular weight excluding hydrogens is 771 g/mol. The summed E-state index contributed by atoms with van der Waals surface area (Å²) in [5.41, 5.74) is 15.0. The zero-order valence-corrected chi connectivity index (χ0v) is 34.4. The van der Waals surface area contributed by atoms with Crippen LogP contribution in [0.1, 0.15) is 22.3 Å². The van der Waals surface area contributed by atoms with Gasteiger partial charge in [-0.15, -0.1) is 11.3 Å². The molecule has 0 saturated heterocycles. The number of hydrogen-bond acceptors (Lipinski definition) is 3. The molecule has 1 aromatic heterocycles. The van der Waals surface area contributed by atoms with Gasteiger partial charge in [-0.05, 0) is 104 Å². The van der Waals surface area contributed by atoms with Gasteiger partial charge in [-0.25, -0.2) is 0 Å². The van der Waals surface area contributed by atoms with Gasteiger partial charge in [0.2, 0.25) is 0 Å². The van der Waals surface area contributed by atoms with Crippen molar-refractivity contribution in [2.45, 2.75) is 5.41 Å². The minimum atomic E-state index is -0.529. The van der Waals surface area contributed by atoms with Crippen molar-refractivity contribution < 1.29 is 4.74 Å². The van der Waals surface area contributed by atoms with E-state index in [4.69, 9.17) is 4.74 Å². The number of benzene rings is 10. The Morgan fingerprint density at radius 1 is 0.355 bits per heavy atom. The zero-order chi connectivity index (χ0) is 40.8. The third-order valence-corrected chi connectivity index (χ3v) is 14.4. The topological polar surface area (TPSA) is 12.5 Å². The monoisotopic (exact) mass is 807 g/mol. The molecule has 3 heteroatoms. The van der Waals surface area contributed by atoms with Crippen LogP contribution in [0.5, 0.6) is 11.5 Å². The molecule has 1 spiro atoms. The predicted octanol–water partition coefficient (Wildman–Crippen LogP) is 16.5. The van der Waals surface area contributed by atoms with Gasteiger partial charge in [-0.2, -0.15) is 0 Å². The first-order valence-corrected chi connectivity index (χ1v) is 22.1. The molecule has 10 aromatic carbocycles. The smallest absolute Gasteiger partial charge is 0.132 e. The molecule has 0 bridgehead atoms. The Balaban J connectivity index is 1.01. The molecule has 1 aliphatic carbocycles. The number of thiophene rings is 1. The maximum atomic E-state index is 6.63. The first-order chi connectivity index (χ1) is 30.7. The molecule has 1 aliphatic heterocycles. The summed E-state index contributed by atoms with van der Waals surface area (Å²) in [5, 5.41) is 5.13. The molecule has 2 heterocycles. The van der Waals surface area contributed by atoms with Gasteiger partial charge in [0.1, 0.15) is 11.5 Å². The number of anilines is 3. The van der Waals surface area contributed by atoms with Crippen LogP contribution in [-0.2, 0) is 5.41 Å². The molecule has 2 aliphatic rings. The van der Waals surface area contributed by atoms with Crippen molar-refractivity contribution in [2.24, 2.45) is 0 Å². The average molecular weight is 808 g/mol. The van der Waals surface area contributed by atoms with Crippen LogP contribution >= 0.6 is 11.3 Å². The normalized spacial score (nSPS) is 13.1. The fourth-order valence-electron chi connectivity index (χ4n) is 10.4. The van der Waals surface area contributed by atoms with Crippen LogP contribution in [0.3, 0.4) is 0 Å². The second-order valence-corrected chi connectivity index (χ2v) is 17.4. The first kappa shape index (κ1) is 35.1. The molecule has 0 amide bonds. The van der Waals surface area contributed by atoms with Crippen molar-refractivity contribution in [3.8, 4) is 44.9 Å². The minimum absolute atomic E-state index is 0.529. The Bertz CT molecular complexity index is 3520. The van der Waals surface area contributed by atoms with E-state index < -0.39 is 5.41 Å². The van der Waals surface area contributed by atoms with E-state index in [1.807, 2.05) is 11.3 Å². The molecular formula is C59H37NOS. The fourth-order valence-corrected chi connectivity index (χ4v) is 11.7. The Morgan fingerprint density at radius 2 is 0.952 bits per heavy atom. The molecule has 0 fully saturated rings. The summed E-state index contributed by atoms with van der Waals surface area (Å²) in [5.74, 6) is 1.80. The second-order valence-electron chi connectivity index (χ2n) is 16.4. The van der Waals surface area contributed by atoms with Crippen LogP contribution in [0.2, 0.25) is 0 Å². The standard InChI is InChI=1S/C59H37NOS/c1-2-14-38(15-3-1)39-28-32-43(33-29-39)60(54-25-13-21-48-49-35-30-40-16-4-5-19-45(40)57(49)62-58(48)54)44-18-12-17-41(36-44)42-31-34-47-46-20-6-7-22-50(46)59(53(47)37-42)51-23-8-10-26-55(51)61-56-27-11-9-24-52(56)59/h1-37H. The lowest BCUT2D eigenvalue weighted by atomic mass is 9.66. The lowest BCUT2D eigenvalue weighted by Gasteiger charge is -2.39. The van der Waals surface area contributed by atoms with Crippen LogP contribution in [-0.4, -0.2) is 0 Å². The first-order valence-electron chi connectivity index (χ1n) is 21.2. The molecule has 11 aromatic rings. The summed E-state index contributed by atoms with van der Waals surface area (Å²) in [6.07, 6.45) is 0. The van der Waals surface area contributed by atoms with Crippen molar-refractivity contribution in [3.63, 3.8) is 0 Å². The highest BCUT2D eigenvalue weighted by Gasteiger charge is 2.51. The van der Waals surface area contributed by atoms with E-state index in [-0.39, 0.29) is 0 Å². The maximum absolute atomic E-state index is 6.63. The fraction of sp³-hybridized carbons (Fsp3) is 0.0169. The Hall–Kier alpha value is -7.72. The van der Waals surface area contributed by atoms with Gasteiger partial charge < -0.3 is 9.64 Å². The van der Waals surface area contributed by atoms with Crippen molar-refractivity contribution in [2.75, 3.05) is 4.90 Å². The van der Waals surface area contributed by atoms with Crippen molar-refractivity contribution in [3.05, 3.63) is 247 Å². The Kier molecular flexibility index (Phi) is 7.72. The van der Waals surface area contributed by atoms with E-state index >= 15 is 0 Å². The number of nitrogens with zero attached hydrogens (tertiary/aromatic N) is 1. The number of rotatable bonds is 5. The van der Waals surface area contributed by atoms with Gasteiger partial charge in [0, 0.05) is 38.0 Å². The molecule has 0 radical (unpaired) electrons. The highest BCUT2D eigenvalue weighted by atomic mass is 32.1. The van der Waals surface area contributed by atoms with Crippen LogP contribution in [0, 0.1) is 0 Å². The molecule has 0 saturated carbocycles. The van der Waals surface area contributed by atoms with Crippen LogP contribution < -0.4 is 9.64 Å². The third-order valence-electron chi connectivity index (χ3n) is 13.1. The minimum Gasteiger partial charge on any atom is -0.457 e. The summed E-state index contributed by atoms with van der Waals surface area (Å²) >= 11 is 1.89. The van der Waals surface area contributed by atoms with Gasteiger partial charge in [-0.3, -0.25) is 0 Å². The SMILES string of the molecule is c1ccc(-c2ccc(N(c3cccc(-c4ccc5c(c4)C4(c6ccccc6Oc6ccccc64)c4ccccc4-5)c3)c3cccc4c3sc3c5ccccc5ccc43)cc2)cc1. The average Bonchev–Trinajstić information content (AvgIpc) is 3.87. The summed E-state index contributed by atoms with van der Waals surface area (Å²) in [4.78, 5) is 2.45. The summed E-state index contributed by atoms with van der Waals surface area (Å²) in [6, 6.07) is 82.1. The number of para-hydroxylation sites is 2. The molecule has 290 valence electrons. The van der Waals surface area contributed by atoms with E-state index in [0.717, 1.165) is 34.1 Å². The maximum Gasteiger partial charge on any atom is 0.132 e. The Morgan fingerprint density at radius 3 is 1.77 bits per heavy atom.